The number of rotatable bonds is 4. The fourth-order valence-electron chi connectivity index (χ4n) is 2.65. The van der Waals surface area contributed by atoms with Gasteiger partial charge < -0.3 is 4.90 Å². The fourth-order valence-corrected chi connectivity index (χ4v) is 2.65. The summed E-state index contributed by atoms with van der Waals surface area (Å²) >= 11 is 0. The van der Waals surface area contributed by atoms with Crippen molar-refractivity contribution in [2.75, 3.05) is 11.4 Å². The van der Waals surface area contributed by atoms with Crippen LogP contribution in [-0.2, 0) is 0 Å². The first-order valence-electron chi connectivity index (χ1n) is 7.82. The molecule has 0 aliphatic rings. The van der Waals surface area contributed by atoms with Crippen molar-refractivity contribution in [2.24, 2.45) is 0 Å². The Kier molecular flexibility index (Phi) is 4.37. The predicted octanol–water partition coefficient (Wildman–Crippen LogP) is 2.95. The molecule has 1 amide bonds. The summed E-state index contributed by atoms with van der Waals surface area (Å²) in [4.78, 5) is 14.8. The second-order valence-corrected chi connectivity index (χ2v) is 5.64. The lowest BCUT2D eigenvalue weighted by Gasteiger charge is -2.23. The van der Waals surface area contributed by atoms with Gasteiger partial charge in [-0.1, -0.05) is 18.2 Å². The maximum Gasteiger partial charge on any atom is 0.258 e. The van der Waals surface area contributed by atoms with Gasteiger partial charge in [-0.15, -0.1) is 5.10 Å². The molecule has 0 bridgehead atoms. The number of tetrazole rings is 1. The van der Waals surface area contributed by atoms with Crippen molar-refractivity contribution >= 4 is 11.6 Å². The zero-order valence-corrected chi connectivity index (χ0v) is 14.0. The van der Waals surface area contributed by atoms with Crippen molar-refractivity contribution in [2.45, 2.75) is 20.8 Å². The number of aryl methyl sites for hydroxylation is 2. The highest BCUT2D eigenvalue weighted by molar-refractivity contribution is 6.06. The molecule has 3 aromatic rings. The van der Waals surface area contributed by atoms with E-state index < -0.39 is 0 Å². The van der Waals surface area contributed by atoms with Crippen LogP contribution in [0.15, 0.2) is 48.8 Å². The summed E-state index contributed by atoms with van der Waals surface area (Å²) in [6.07, 6.45) is 1.51. The Labute approximate surface area is 140 Å². The molecule has 122 valence electrons. The molecule has 0 aliphatic carbocycles. The molecule has 0 atom stereocenters. The second kappa shape index (κ2) is 6.62. The summed E-state index contributed by atoms with van der Waals surface area (Å²) in [5.74, 6) is -0.0406. The van der Waals surface area contributed by atoms with Crippen LogP contribution in [0, 0.1) is 13.8 Å². The van der Waals surface area contributed by atoms with Crippen LogP contribution < -0.4 is 4.90 Å². The van der Waals surface area contributed by atoms with Gasteiger partial charge in [-0.3, -0.25) is 4.79 Å². The number of amides is 1. The molecule has 1 aromatic heterocycles. The van der Waals surface area contributed by atoms with Gasteiger partial charge in [-0.05, 0) is 66.6 Å². The molecule has 1 heterocycles. The minimum atomic E-state index is -0.0406. The fraction of sp³-hybridized carbons (Fsp3) is 0.222. The summed E-state index contributed by atoms with van der Waals surface area (Å²) in [6.45, 7) is 6.62. The topological polar surface area (TPSA) is 63.9 Å². The summed E-state index contributed by atoms with van der Waals surface area (Å²) in [7, 11) is 0. The van der Waals surface area contributed by atoms with E-state index in [1.807, 2.05) is 51.1 Å². The van der Waals surface area contributed by atoms with Gasteiger partial charge in [0.1, 0.15) is 6.33 Å². The van der Waals surface area contributed by atoms with Crippen molar-refractivity contribution in [3.05, 3.63) is 65.5 Å². The first-order chi connectivity index (χ1) is 11.6. The SMILES string of the molecule is CCN(C(=O)c1cccc(-n2cnnn2)c1)c1cc(C)ccc1C. The van der Waals surface area contributed by atoms with E-state index in [-0.39, 0.29) is 5.91 Å². The van der Waals surface area contributed by atoms with Crippen molar-refractivity contribution in [1.29, 1.82) is 0 Å². The normalized spacial score (nSPS) is 10.6. The molecule has 0 spiro atoms. The maximum absolute atomic E-state index is 13.0. The highest BCUT2D eigenvalue weighted by atomic mass is 16.2. The maximum atomic E-state index is 13.0. The van der Waals surface area contributed by atoms with E-state index in [4.69, 9.17) is 0 Å². The van der Waals surface area contributed by atoms with Crippen LogP contribution in [0.5, 0.6) is 0 Å². The first kappa shape index (κ1) is 15.9. The number of nitrogens with zero attached hydrogens (tertiary/aromatic N) is 5. The number of hydrogen-bond acceptors (Lipinski definition) is 4. The summed E-state index contributed by atoms with van der Waals surface area (Å²) in [5.41, 5.74) is 4.50. The van der Waals surface area contributed by atoms with Crippen LogP contribution in [0.1, 0.15) is 28.4 Å². The third-order valence-corrected chi connectivity index (χ3v) is 3.92. The lowest BCUT2D eigenvalue weighted by molar-refractivity contribution is 0.0988. The Bertz CT molecular complexity index is 858. The third-order valence-electron chi connectivity index (χ3n) is 3.92. The molecule has 0 unspecified atom stereocenters. The Balaban J connectivity index is 1.98. The van der Waals surface area contributed by atoms with Crippen LogP contribution in [0.2, 0.25) is 0 Å². The lowest BCUT2D eigenvalue weighted by atomic mass is 10.1. The molecule has 0 aliphatic heterocycles. The molecule has 6 nitrogen and oxygen atoms in total. The van der Waals surface area contributed by atoms with E-state index in [0.717, 1.165) is 22.5 Å². The van der Waals surface area contributed by atoms with Crippen molar-refractivity contribution in [3.8, 4) is 5.69 Å². The highest BCUT2D eigenvalue weighted by Crippen LogP contribution is 2.24. The molecule has 6 heteroatoms. The molecule has 0 N–H and O–H groups in total. The summed E-state index contributed by atoms with van der Waals surface area (Å²) in [5, 5.41) is 11.1. The smallest absolute Gasteiger partial charge is 0.258 e. The van der Waals surface area contributed by atoms with Crippen LogP contribution in [0.3, 0.4) is 0 Å². The lowest BCUT2D eigenvalue weighted by Crippen LogP contribution is -2.31. The quantitative estimate of drug-likeness (QED) is 0.741. The van der Waals surface area contributed by atoms with Crippen LogP contribution in [-0.4, -0.2) is 32.7 Å². The molecule has 24 heavy (non-hydrogen) atoms. The minimum absolute atomic E-state index is 0.0406. The Hall–Kier alpha value is -3.02. The summed E-state index contributed by atoms with van der Waals surface area (Å²) < 4.78 is 1.53. The Morgan fingerprint density at radius 2 is 2.00 bits per heavy atom. The van der Waals surface area contributed by atoms with E-state index in [1.165, 1.54) is 11.0 Å². The van der Waals surface area contributed by atoms with E-state index in [2.05, 4.69) is 21.6 Å². The van der Waals surface area contributed by atoms with Crippen molar-refractivity contribution in [3.63, 3.8) is 0 Å². The molecular formula is C18H19N5O. The third kappa shape index (κ3) is 3.03. The average molecular weight is 321 g/mol. The van der Waals surface area contributed by atoms with Crippen molar-refractivity contribution in [1.82, 2.24) is 20.2 Å². The van der Waals surface area contributed by atoms with Gasteiger partial charge in [0.05, 0.1) is 5.69 Å². The van der Waals surface area contributed by atoms with Gasteiger partial charge in [0.2, 0.25) is 0 Å². The number of benzene rings is 2. The first-order valence-corrected chi connectivity index (χ1v) is 7.82. The van der Waals surface area contributed by atoms with E-state index in [0.29, 0.717) is 12.1 Å². The molecule has 0 fully saturated rings. The monoisotopic (exact) mass is 321 g/mol. The van der Waals surface area contributed by atoms with Gasteiger partial charge in [0, 0.05) is 17.8 Å². The standard InChI is InChI=1S/C18H19N5O/c1-4-22(17-10-13(2)8-9-14(17)3)18(24)15-6-5-7-16(11-15)23-12-19-20-21-23/h5-12H,4H2,1-3H3. The molecule has 2 aromatic carbocycles. The zero-order valence-electron chi connectivity index (χ0n) is 14.0. The van der Waals surface area contributed by atoms with Gasteiger partial charge in [-0.2, -0.15) is 0 Å². The van der Waals surface area contributed by atoms with Gasteiger partial charge in [-0.25, -0.2) is 4.68 Å². The second-order valence-electron chi connectivity index (χ2n) is 5.64. The van der Waals surface area contributed by atoms with Crippen molar-refractivity contribution < 1.29 is 4.79 Å². The van der Waals surface area contributed by atoms with E-state index in [9.17, 15) is 4.79 Å². The van der Waals surface area contributed by atoms with E-state index >= 15 is 0 Å². The summed E-state index contributed by atoms with van der Waals surface area (Å²) in [6, 6.07) is 13.4. The van der Waals surface area contributed by atoms with E-state index in [1.54, 1.807) is 11.0 Å². The number of aromatic nitrogens is 4. The molecule has 3 rings (SSSR count). The van der Waals surface area contributed by atoms with Crippen LogP contribution in [0.4, 0.5) is 5.69 Å². The molecule has 0 saturated carbocycles. The number of hydrogen-bond donors (Lipinski definition) is 0. The molecule has 0 saturated heterocycles. The number of carbonyl (C=O) groups excluding carboxylic acids is 1. The molecule has 0 radical (unpaired) electrons. The van der Waals surface area contributed by atoms with Gasteiger partial charge >= 0.3 is 0 Å². The largest absolute Gasteiger partial charge is 0.308 e. The number of carbonyl (C=O) groups is 1. The van der Waals surface area contributed by atoms with Gasteiger partial charge in [0.15, 0.2) is 0 Å². The predicted molar refractivity (Wildman–Crippen MR) is 92.4 cm³/mol. The van der Waals surface area contributed by atoms with Crippen LogP contribution >= 0.6 is 0 Å². The Morgan fingerprint density at radius 3 is 2.71 bits per heavy atom. The number of anilines is 1. The zero-order chi connectivity index (χ0) is 17.1. The minimum Gasteiger partial charge on any atom is -0.308 e. The van der Waals surface area contributed by atoms with Gasteiger partial charge in [0.25, 0.3) is 5.91 Å². The molecular weight excluding hydrogens is 302 g/mol. The Morgan fingerprint density at radius 1 is 1.17 bits per heavy atom. The highest BCUT2D eigenvalue weighted by Gasteiger charge is 2.18. The van der Waals surface area contributed by atoms with Crippen LogP contribution in [0.25, 0.3) is 5.69 Å². The average Bonchev–Trinajstić information content (AvgIpc) is 3.13.